The zero-order chi connectivity index (χ0) is 41.8. The Morgan fingerprint density at radius 3 is 2.17 bits per heavy atom. The smallest absolute Gasteiger partial charge is 0.269 e. The van der Waals surface area contributed by atoms with Gasteiger partial charge in [-0.2, -0.15) is 0 Å². The van der Waals surface area contributed by atoms with Crippen molar-refractivity contribution in [3.8, 4) is 11.1 Å². The van der Waals surface area contributed by atoms with Crippen molar-refractivity contribution in [3.63, 3.8) is 0 Å². The number of hydrogen-bond donors (Lipinski definition) is 4. The normalized spacial score (nSPS) is 18.1. The van der Waals surface area contributed by atoms with Crippen LogP contribution in [0.4, 0.5) is 22.7 Å². The van der Waals surface area contributed by atoms with Crippen molar-refractivity contribution in [1.82, 2.24) is 10.2 Å². The van der Waals surface area contributed by atoms with E-state index in [4.69, 9.17) is 15.2 Å². The van der Waals surface area contributed by atoms with E-state index in [1.165, 1.54) is 0 Å². The first-order valence-corrected chi connectivity index (χ1v) is 20.5. The molecule has 2 saturated heterocycles. The largest absolute Gasteiger partial charge is 0.397 e. The highest BCUT2D eigenvalue weighted by Gasteiger charge is 2.34. The van der Waals surface area contributed by atoms with E-state index in [1.807, 2.05) is 78.9 Å². The van der Waals surface area contributed by atoms with E-state index in [-0.39, 0.29) is 41.2 Å². The number of hydrogen-bond acceptors (Lipinski definition) is 10. The molecule has 0 saturated carbocycles. The minimum absolute atomic E-state index is 0.0223. The van der Waals surface area contributed by atoms with E-state index in [2.05, 4.69) is 38.6 Å². The zero-order valence-electron chi connectivity index (χ0n) is 33.6. The number of nitro groups is 1. The highest BCUT2D eigenvalue weighted by Crippen LogP contribution is 2.39. The Labute approximate surface area is 350 Å². The lowest BCUT2D eigenvalue weighted by Gasteiger charge is -2.41. The molecule has 0 radical (unpaired) electrons. The molecule has 0 aliphatic carbocycles. The molecule has 0 unspecified atom stereocenters. The van der Waals surface area contributed by atoms with Crippen LogP contribution in [0.3, 0.4) is 0 Å². The number of benzene rings is 5. The summed E-state index contributed by atoms with van der Waals surface area (Å²) in [6, 6.07) is 38.1. The van der Waals surface area contributed by atoms with Crippen LogP contribution in [-0.4, -0.2) is 65.6 Å². The van der Waals surface area contributed by atoms with E-state index in [0.29, 0.717) is 50.0 Å². The van der Waals surface area contributed by atoms with Gasteiger partial charge in [0.2, 0.25) is 11.8 Å². The first kappa shape index (κ1) is 42.0. The van der Waals surface area contributed by atoms with Gasteiger partial charge < -0.3 is 35.8 Å². The van der Waals surface area contributed by atoms with E-state index in [1.54, 1.807) is 24.3 Å². The summed E-state index contributed by atoms with van der Waals surface area (Å²) in [5.41, 5.74) is 13.9. The molecule has 5 aromatic rings. The summed E-state index contributed by atoms with van der Waals surface area (Å²) in [4.78, 5) is 40.3. The average Bonchev–Trinajstić information content (AvgIpc) is 3.28. The third-order valence-electron chi connectivity index (χ3n) is 11.1. The molecule has 0 aromatic heterocycles. The first-order valence-electron chi connectivity index (χ1n) is 20.5. The van der Waals surface area contributed by atoms with Gasteiger partial charge in [0.25, 0.3) is 5.69 Å². The number of nitrogen functional groups attached to an aromatic ring is 1. The molecule has 312 valence electrons. The highest BCUT2D eigenvalue weighted by atomic mass is 16.7. The number of unbranched alkanes of at least 4 members (excludes halogenated alkanes) is 1. The van der Waals surface area contributed by atoms with Gasteiger partial charge >= 0.3 is 0 Å². The topological polar surface area (TPSA) is 173 Å². The fraction of sp³-hybridized carbons (Fsp3) is 0.319. The molecule has 0 spiro atoms. The molecule has 5 N–H and O–H groups in total. The van der Waals surface area contributed by atoms with E-state index in [0.717, 1.165) is 71.8 Å². The van der Waals surface area contributed by atoms with Gasteiger partial charge in [-0.3, -0.25) is 24.6 Å². The van der Waals surface area contributed by atoms with Crippen molar-refractivity contribution in [3.05, 3.63) is 154 Å². The van der Waals surface area contributed by atoms with Crippen molar-refractivity contribution in [1.29, 1.82) is 0 Å². The Kier molecular flexibility index (Phi) is 14.2. The number of aliphatic hydroxyl groups excluding tert-OH is 1. The second-order valence-electron chi connectivity index (χ2n) is 15.4. The SMILES string of the molecule is Nc1ccccc1NC(=O)CCCCC(=O)NCc1cccc(-c2ccc([C@@H]3O[C@H](CN4CCN(c5ccc([N+](=O)[O-])cc5)CC4)C[C@H](c4ccc(CO)cc4)O3)cc2)c1. The maximum Gasteiger partial charge on any atom is 0.269 e. The molecule has 2 aliphatic heterocycles. The van der Waals surface area contributed by atoms with Gasteiger partial charge in [0.05, 0.1) is 35.1 Å². The second-order valence-corrected chi connectivity index (χ2v) is 15.4. The quantitative estimate of drug-likeness (QED) is 0.0338. The number of ether oxygens (including phenoxy) is 2. The predicted molar refractivity (Wildman–Crippen MR) is 232 cm³/mol. The number of amides is 2. The number of rotatable bonds is 16. The molecule has 13 nitrogen and oxygen atoms in total. The maximum atomic E-state index is 12.6. The minimum atomic E-state index is -0.583. The molecular formula is C47H52N6O7. The zero-order valence-corrected chi connectivity index (χ0v) is 33.6. The number of carbonyl (C=O) groups is 2. The van der Waals surface area contributed by atoms with Gasteiger partial charge in [0.15, 0.2) is 6.29 Å². The number of anilines is 3. The molecule has 2 fully saturated rings. The molecule has 2 amide bonds. The van der Waals surface area contributed by atoms with Crippen LogP contribution in [0.25, 0.3) is 11.1 Å². The number of para-hydroxylation sites is 2. The van der Waals surface area contributed by atoms with Gasteiger partial charge in [0, 0.05) is 81.9 Å². The van der Waals surface area contributed by atoms with Gasteiger partial charge in [0.1, 0.15) is 0 Å². The van der Waals surface area contributed by atoms with Gasteiger partial charge in [-0.15, -0.1) is 0 Å². The molecule has 13 heteroatoms. The Bertz CT molecular complexity index is 2210. The fourth-order valence-electron chi connectivity index (χ4n) is 7.67. The van der Waals surface area contributed by atoms with Crippen molar-refractivity contribution < 1.29 is 29.1 Å². The predicted octanol–water partition coefficient (Wildman–Crippen LogP) is 7.52. The highest BCUT2D eigenvalue weighted by molar-refractivity contribution is 5.93. The maximum absolute atomic E-state index is 12.6. The fourth-order valence-corrected chi connectivity index (χ4v) is 7.67. The van der Waals surface area contributed by atoms with Crippen LogP contribution in [0, 0.1) is 10.1 Å². The lowest BCUT2D eigenvalue weighted by Crippen LogP contribution is -2.49. The van der Waals surface area contributed by atoms with Crippen molar-refractivity contribution in [2.75, 3.05) is 48.7 Å². The summed E-state index contributed by atoms with van der Waals surface area (Å²) in [6.07, 6.45) is 1.65. The number of nitrogens with zero attached hydrogens (tertiary/aromatic N) is 3. The summed E-state index contributed by atoms with van der Waals surface area (Å²) in [5, 5.41) is 26.6. The summed E-state index contributed by atoms with van der Waals surface area (Å²) in [6.45, 7) is 4.40. The molecule has 2 aliphatic rings. The number of nitrogens with two attached hydrogens (primary N) is 1. The Morgan fingerprint density at radius 1 is 0.767 bits per heavy atom. The van der Waals surface area contributed by atoms with Gasteiger partial charge in [-0.25, -0.2) is 0 Å². The molecule has 7 rings (SSSR count). The van der Waals surface area contributed by atoms with Crippen LogP contribution >= 0.6 is 0 Å². The molecule has 3 atom stereocenters. The summed E-state index contributed by atoms with van der Waals surface area (Å²) in [7, 11) is 0. The van der Waals surface area contributed by atoms with Crippen molar-refractivity contribution in [2.45, 2.75) is 63.8 Å². The van der Waals surface area contributed by atoms with Crippen LogP contribution in [0.5, 0.6) is 0 Å². The van der Waals surface area contributed by atoms with Crippen molar-refractivity contribution >= 4 is 34.6 Å². The third kappa shape index (κ3) is 11.3. The Hall–Kier alpha value is -6.12. The van der Waals surface area contributed by atoms with E-state index < -0.39 is 6.29 Å². The van der Waals surface area contributed by atoms with Crippen LogP contribution in [0.2, 0.25) is 0 Å². The molecular weight excluding hydrogens is 761 g/mol. The van der Waals surface area contributed by atoms with Crippen molar-refractivity contribution in [2.24, 2.45) is 0 Å². The lowest BCUT2D eigenvalue weighted by atomic mass is 9.98. The Balaban J connectivity index is 0.926. The summed E-state index contributed by atoms with van der Waals surface area (Å²) < 4.78 is 13.3. The third-order valence-corrected chi connectivity index (χ3v) is 11.1. The van der Waals surface area contributed by atoms with E-state index in [9.17, 15) is 24.8 Å². The van der Waals surface area contributed by atoms with Crippen LogP contribution in [0.15, 0.2) is 121 Å². The monoisotopic (exact) mass is 812 g/mol. The van der Waals surface area contributed by atoms with Gasteiger partial charge in [-0.1, -0.05) is 78.9 Å². The molecule has 5 aromatic carbocycles. The lowest BCUT2D eigenvalue weighted by molar-refractivity contribution is -0.384. The number of carbonyl (C=O) groups excluding carboxylic acids is 2. The molecule has 60 heavy (non-hydrogen) atoms. The van der Waals surface area contributed by atoms with Crippen LogP contribution in [0.1, 0.15) is 66.8 Å². The summed E-state index contributed by atoms with van der Waals surface area (Å²) in [5.74, 6) is -0.184. The van der Waals surface area contributed by atoms with Crippen LogP contribution < -0.4 is 21.3 Å². The number of piperazine rings is 1. The standard InChI is InChI=1S/C47H52N6O7/c48-42-8-1-2-9-43(42)50-46(56)11-4-3-10-45(55)49-30-34-6-5-7-38(28-34)35-16-18-37(19-17-35)47-59-41(29-44(60-47)36-14-12-33(32-54)13-15-36)31-51-24-26-52(27-25-51)39-20-22-40(23-21-39)53(57)58/h1-2,5-9,12-23,28,41,44,47,54H,3-4,10-11,24-27,29-32,48H2,(H,49,55)(H,50,56)/t41-,44+,47+/m0/s1. The first-order chi connectivity index (χ1) is 29.2. The average molecular weight is 813 g/mol. The van der Waals surface area contributed by atoms with E-state index >= 15 is 0 Å². The minimum Gasteiger partial charge on any atom is -0.397 e. The van der Waals surface area contributed by atoms with Crippen LogP contribution in [-0.2, 0) is 32.2 Å². The molecule has 0 bridgehead atoms. The van der Waals surface area contributed by atoms with Gasteiger partial charge in [-0.05, 0) is 71.0 Å². The number of aliphatic hydroxyl groups is 1. The number of nitro benzene ring substituents is 1. The molecule has 2 heterocycles. The number of nitrogens with one attached hydrogen (secondary N) is 2. The second kappa shape index (κ2) is 20.2. The number of non-ortho nitro benzene ring substituents is 1. The Morgan fingerprint density at radius 2 is 1.47 bits per heavy atom. The summed E-state index contributed by atoms with van der Waals surface area (Å²) >= 11 is 0.